The zero-order chi connectivity index (χ0) is 8.97. The molecule has 0 amide bonds. The Hall–Kier alpha value is -0.890. The minimum Gasteiger partial charge on any atom is -0.299 e. The Morgan fingerprint density at radius 3 is 2.42 bits per heavy atom. The quantitative estimate of drug-likeness (QED) is 0.558. The highest BCUT2D eigenvalue weighted by molar-refractivity contribution is 9.10. The Kier molecular flexibility index (Phi) is 3.23. The fourth-order valence-corrected chi connectivity index (χ4v) is 1.18. The lowest BCUT2D eigenvalue weighted by molar-refractivity contribution is -0.104. The molecule has 0 atom stereocenters. The van der Waals surface area contributed by atoms with E-state index in [1.54, 1.807) is 6.08 Å². The third kappa shape index (κ3) is 2.31. The molecule has 2 heteroatoms. The number of aldehydes is 1. The van der Waals surface area contributed by atoms with Crippen molar-refractivity contribution in [2.75, 3.05) is 0 Å². The molecule has 0 aliphatic carbocycles. The minimum absolute atomic E-state index is 0.803. The van der Waals surface area contributed by atoms with Crippen molar-refractivity contribution in [3.8, 4) is 0 Å². The summed E-state index contributed by atoms with van der Waals surface area (Å²) < 4.78 is 1.05. The minimum atomic E-state index is 0.803. The smallest absolute Gasteiger partial charge is 0.143 e. The van der Waals surface area contributed by atoms with E-state index in [-0.39, 0.29) is 0 Å². The van der Waals surface area contributed by atoms with Crippen LogP contribution in [0, 0.1) is 0 Å². The topological polar surface area (TPSA) is 17.1 Å². The second-order valence-corrected chi connectivity index (χ2v) is 3.41. The molecule has 0 saturated heterocycles. The first-order valence-corrected chi connectivity index (χ1v) is 4.41. The second kappa shape index (κ2) is 4.21. The summed E-state index contributed by atoms with van der Waals surface area (Å²) in [6, 6.07) is 7.85. The summed E-state index contributed by atoms with van der Waals surface area (Å²) in [7, 11) is 0. The van der Waals surface area contributed by atoms with Gasteiger partial charge in [-0.1, -0.05) is 28.1 Å². The van der Waals surface area contributed by atoms with E-state index >= 15 is 0 Å². The van der Waals surface area contributed by atoms with Crippen LogP contribution in [0.15, 0.2) is 34.8 Å². The summed E-state index contributed by atoms with van der Waals surface area (Å²) in [5, 5.41) is 0. The fraction of sp³-hybridized carbons (Fsp3) is 0.100. The van der Waals surface area contributed by atoms with Crippen molar-refractivity contribution < 1.29 is 4.79 Å². The zero-order valence-electron chi connectivity index (χ0n) is 6.75. The van der Waals surface area contributed by atoms with Gasteiger partial charge in [0, 0.05) is 4.47 Å². The third-order valence-corrected chi connectivity index (χ3v) is 2.15. The number of halogens is 1. The molecule has 0 aliphatic heterocycles. The number of allylic oxidation sites excluding steroid dienone is 2. The number of hydrogen-bond donors (Lipinski definition) is 0. The summed E-state index contributed by atoms with van der Waals surface area (Å²) >= 11 is 3.34. The summed E-state index contributed by atoms with van der Waals surface area (Å²) in [6.45, 7) is 1.91. The molecule has 0 spiro atoms. The van der Waals surface area contributed by atoms with Crippen LogP contribution in [-0.4, -0.2) is 6.29 Å². The summed E-state index contributed by atoms with van der Waals surface area (Å²) in [5.74, 6) is 0. The zero-order valence-corrected chi connectivity index (χ0v) is 8.34. The Morgan fingerprint density at radius 2 is 1.92 bits per heavy atom. The molecule has 0 aromatic heterocycles. The van der Waals surface area contributed by atoms with Gasteiger partial charge in [-0.05, 0) is 36.3 Å². The van der Waals surface area contributed by atoms with Gasteiger partial charge in [0.05, 0.1) is 0 Å². The first-order chi connectivity index (χ1) is 5.74. The van der Waals surface area contributed by atoms with Gasteiger partial charge < -0.3 is 0 Å². The Labute approximate surface area is 80.2 Å². The molecular weight excluding hydrogens is 216 g/mol. The van der Waals surface area contributed by atoms with Gasteiger partial charge in [-0.3, -0.25) is 4.79 Å². The van der Waals surface area contributed by atoms with Crippen molar-refractivity contribution in [3.05, 3.63) is 40.4 Å². The molecule has 0 saturated carbocycles. The molecule has 1 rings (SSSR count). The lowest BCUT2D eigenvalue weighted by Gasteiger charge is -1.98. The molecule has 0 bridgehead atoms. The maximum Gasteiger partial charge on any atom is 0.143 e. The summed E-state index contributed by atoms with van der Waals surface area (Å²) in [4.78, 5) is 10.2. The van der Waals surface area contributed by atoms with Gasteiger partial charge in [0.15, 0.2) is 0 Å². The Balaban J connectivity index is 2.97. The van der Waals surface area contributed by atoms with Crippen molar-refractivity contribution in [2.45, 2.75) is 6.92 Å². The second-order valence-electron chi connectivity index (χ2n) is 2.49. The van der Waals surface area contributed by atoms with E-state index in [0.717, 1.165) is 21.9 Å². The van der Waals surface area contributed by atoms with Crippen molar-refractivity contribution in [3.63, 3.8) is 0 Å². The standard InChI is InChI=1S/C10H9BrO/c1-8(6-7-12)9-2-4-10(11)5-3-9/h2-7H,1H3/b8-6+. The number of rotatable bonds is 2. The van der Waals surface area contributed by atoms with E-state index in [2.05, 4.69) is 15.9 Å². The summed E-state index contributed by atoms with van der Waals surface area (Å²) in [6.07, 6.45) is 2.36. The van der Waals surface area contributed by atoms with Gasteiger partial charge in [0.2, 0.25) is 0 Å². The van der Waals surface area contributed by atoms with Crippen LogP contribution in [0.3, 0.4) is 0 Å². The number of benzene rings is 1. The number of hydrogen-bond acceptors (Lipinski definition) is 1. The van der Waals surface area contributed by atoms with Crippen LogP contribution in [0.5, 0.6) is 0 Å². The van der Waals surface area contributed by atoms with E-state index in [0.29, 0.717) is 0 Å². The Morgan fingerprint density at radius 1 is 1.33 bits per heavy atom. The highest BCUT2D eigenvalue weighted by Gasteiger charge is 1.93. The molecule has 1 nitrogen and oxygen atoms in total. The number of carbonyl (C=O) groups excluding carboxylic acids is 1. The molecule has 12 heavy (non-hydrogen) atoms. The van der Waals surface area contributed by atoms with Crippen molar-refractivity contribution in [1.29, 1.82) is 0 Å². The molecule has 0 radical (unpaired) electrons. The highest BCUT2D eigenvalue weighted by Crippen LogP contribution is 2.16. The van der Waals surface area contributed by atoms with Crippen molar-refractivity contribution >= 4 is 27.8 Å². The van der Waals surface area contributed by atoms with Crippen LogP contribution in [0.2, 0.25) is 0 Å². The van der Waals surface area contributed by atoms with Gasteiger partial charge in [-0.15, -0.1) is 0 Å². The third-order valence-electron chi connectivity index (χ3n) is 1.62. The van der Waals surface area contributed by atoms with Crippen LogP contribution >= 0.6 is 15.9 Å². The monoisotopic (exact) mass is 224 g/mol. The Bertz CT molecular complexity index is 298. The lowest BCUT2D eigenvalue weighted by atomic mass is 10.1. The molecule has 62 valence electrons. The molecule has 1 aromatic rings. The van der Waals surface area contributed by atoms with Gasteiger partial charge in [0.1, 0.15) is 6.29 Å². The van der Waals surface area contributed by atoms with Crippen LogP contribution in [0.25, 0.3) is 5.57 Å². The van der Waals surface area contributed by atoms with E-state index in [4.69, 9.17) is 0 Å². The van der Waals surface area contributed by atoms with Gasteiger partial charge in [-0.25, -0.2) is 0 Å². The average molecular weight is 225 g/mol. The predicted molar refractivity (Wildman–Crippen MR) is 53.9 cm³/mol. The first kappa shape index (κ1) is 9.20. The maximum atomic E-state index is 10.2. The maximum absolute atomic E-state index is 10.2. The fourth-order valence-electron chi connectivity index (χ4n) is 0.911. The largest absolute Gasteiger partial charge is 0.299 e. The summed E-state index contributed by atoms with van der Waals surface area (Å²) in [5.41, 5.74) is 2.06. The molecule has 0 fully saturated rings. The first-order valence-electron chi connectivity index (χ1n) is 3.62. The van der Waals surface area contributed by atoms with Crippen molar-refractivity contribution in [1.82, 2.24) is 0 Å². The van der Waals surface area contributed by atoms with E-state index < -0.39 is 0 Å². The molecule has 1 aromatic carbocycles. The lowest BCUT2D eigenvalue weighted by Crippen LogP contribution is -1.78. The van der Waals surface area contributed by atoms with E-state index in [1.165, 1.54) is 0 Å². The van der Waals surface area contributed by atoms with Crippen LogP contribution in [0.1, 0.15) is 12.5 Å². The molecule has 0 aliphatic rings. The number of carbonyl (C=O) groups is 1. The van der Waals surface area contributed by atoms with E-state index in [9.17, 15) is 4.79 Å². The van der Waals surface area contributed by atoms with Crippen LogP contribution in [-0.2, 0) is 4.79 Å². The molecule has 0 heterocycles. The highest BCUT2D eigenvalue weighted by atomic mass is 79.9. The molecular formula is C10H9BrO. The van der Waals surface area contributed by atoms with E-state index in [1.807, 2.05) is 31.2 Å². The van der Waals surface area contributed by atoms with Gasteiger partial charge in [0.25, 0.3) is 0 Å². The van der Waals surface area contributed by atoms with Crippen LogP contribution < -0.4 is 0 Å². The van der Waals surface area contributed by atoms with Gasteiger partial charge in [-0.2, -0.15) is 0 Å². The normalized spacial score (nSPS) is 11.3. The van der Waals surface area contributed by atoms with Crippen molar-refractivity contribution in [2.24, 2.45) is 0 Å². The van der Waals surface area contributed by atoms with Crippen LogP contribution in [0.4, 0.5) is 0 Å². The SMILES string of the molecule is C/C(=C\C=O)c1ccc(Br)cc1. The molecule has 0 unspecified atom stereocenters. The predicted octanol–water partition coefficient (Wildman–Crippen LogP) is 3.05. The van der Waals surface area contributed by atoms with Gasteiger partial charge >= 0.3 is 0 Å². The molecule has 0 N–H and O–H groups in total. The average Bonchev–Trinajstić information content (AvgIpc) is 2.06.